The minimum absolute atomic E-state index is 0.230. The number of hydrogen-bond acceptors (Lipinski definition) is 3. The van der Waals surface area contributed by atoms with Crippen LogP contribution in [-0.4, -0.2) is 13.0 Å². The largest absolute Gasteiger partial charge is 0.495 e. The van der Waals surface area contributed by atoms with Crippen molar-refractivity contribution in [3.63, 3.8) is 0 Å². The Kier molecular flexibility index (Phi) is 2.53. The first-order valence-corrected chi connectivity index (χ1v) is 3.86. The van der Waals surface area contributed by atoms with Gasteiger partial charge in [-0.25, -0.2) is 4.79 Å². The molecule has 0 saturated carbocycles. The fourth-order valence-corrected chi connectivity index (χ4v) is 1.18. The van der Waals surface area contributed by atoms with Crippen LogP contribution in [0.4, 0.5) is 5.69 Å². The number of quaternary nitrogens is 1. The lowest BCUT2D eigenvalue weighted by Gasteiger charge is -2.06. The Bertz CT molecular complexity index is 348. The lowest BCUT2D eigenvalue weighted by molar-refractivity contribution is -0.255. The Hall–Kier alpha value is -1.55. The van der Waals surface area contributed by atoms with Gasteiger partial charge in [0.2, 0.25) is 0 Å². The van der Waals surface area contributed by atoms with Gasteiger partial charge >= 0.3 is 5.91 Å². The van der Waals surface area contributed by atoms with Crippen molar-refractivity contribution < 1.29 is 15.3 Å². The predicted octanol–water partition coefficient (Wildman–Crippen LogP) is -0.0321. The minimum atomic E-state index is -0.230. The van der Waals surface area contributed by atoms with E-state index in [-0.39, 0.29) is 5.91 Å². The van der Waals surface area contributed by atoms with Gasteiger partial charge in [-0.3, -0.25) is 5.73 Å². The second-order valence-electron chi connectivity index (χ2n) is 2.83. The van der Waals surface area contributed by atoms with Gasteiger partial charge in [0.05, 0.1) is 18.4 Å². The molecule has 0 unspecified atom stereocenters. The van der Waals surface area contributed by atoms with E-state index in [9.17, 15) is 4.79 Å². The third-order valence-electron chi connectivity index (χ3n) is 1.88. The van der Waals surface area contributed by atoms with Gasteiger partial charge in [0, 0.05) is 0 Å². The molecule has 70 valence electrons. The van der Waals surface area contributed by atoms with Crippen molar-refractivity contribution in [1.29, 1.82) is 0 Å². The van der Waals surface area contributed by atoms with Gasteiger partial charge in [0.1, 0.15) is 5.75 Å². The van der Waals surface area contributed by atoms with Crippen molar-refractivity contribution in [2.45, 2.75) is 6.92 Å². The van der Waals surface area contributed by atoms with Crippen LogP contribution in [0.3, 0.4) is 0 Å². The summed E-state index contributed by atoms with van der Waals surface area (Å²) in [5, 5.41) is 0. The first-order valence-electron chi connectivity index (χ1n) is 3.86. The Labute approximate surface area is 76.5 Å². The average Bonchev–Trinajstić information content (AvgIpc) is 2.07. The number of benzene rings is 1. The molecule has 1 amide bonds. The fraction of sp³-hybridized carbons (Fsp3) is 0.222. The summed E-state index contributed by atoms with van der Waals surface area (Å²) in [7, 11) is 1.54. The topological polar surface area (TPSA) is 80.0 Å². The van der Waals surface area contributed by atoms with Crippen molar-refractivity contribution >= 4 is 11.6 Å². The first kappa shape index (κ1) is 9.54. The van der Waals surface area contributed by atoms with E-state index in [1.165, 1.54) is 7.11 Å². The molecule has 0 fully saturated rings. The maximum Gasteiger partial charge on any atom is 0.341 e. The summed E-state index contributed by atoms with van der Waals surface area (Å²) in [5.74, 6) is 0.356. The van der Waals surface area contributed by atoms with Crippen LogP contribution in [0.1, 0.15) is 15.9 Å². The van der Waals surface area contributed by atoms with Crippen molar-refractivity contribution in [2.24, 2.45) is 0 Å². The Balaban J connectivity index is 3.28. The number of rotatable bonds is 2. The second kappa shape index (κ2) is 3.45. The smallest absolute Gasteiger partial charge is 0.341 e. The number of carbonyl (C=O) groups is 1. The van der Waals surface area contributed by atoms with E-state index in [1.807, 2.05) is 6.92 Å². The first-order chi connectivity index (χ1) is 6.06. The Morgan fingerprint density at radius 1 is 1.54 bits per heavy atom. The van der Waals surface area contributed by atoms with Gasteiger partial charge < -0.3 is 10.5 Å². The second-order valence-corrected chi connectivity index (χ2v) is 2.83. The normalized spacial score (nSPS) is 9.77. The van der Waals surface area contributed by atoms with Gasteiger partial charge in [-0.05, 0) is 24.6 Å². The number of hydrogen-bond donors (Lipinski definition) is 2. The molecule has 0 saturated heterocycles. The predicted molar refractivity (Wildman–Crippen MR) is 49.4 cm³/mol. The van der Waals surface area contributed by atoms with E-state index >= 15 is 0 Å². The number of nitrogen functional groups attached to an aromatic ring is 1. The van der Waals surface area contributed by atoms with E-state index in [0.29, 0.717) is 17.0 Å². The third kappa shape index (κ3) is 1.78. The number of amides is 1. The van der Waals surface area contributed by atoms with E-state index in [2.05, 4.69) is 5.73 Å². The lowest BCUT2D eigenvalue weighted by atomic mass is 10.1. The zero-order chi connectivity index (χ0) is 10.0. The van der Waals surface area contributed by atoms with Gasteiger partial charge in [0.25, 0.3) is 0 Å². The van der Waals surface area contributed by atoms with E-state index in [1.54, 1.807) is 12.1 Å². The summed E-state index contributed by atoms with van der Waals surface area (Å²) < 4.78 is 5.00. The van der Waals surface area contributed by atoms with Crippen molar-refractivity contribution in [3.8, 4) is 5.75 Å². The van der Waals surface area contributed by atoms with Crippen LogP contribution in [0.25, 0.3) is 0 Å². The number of aryl methyl sites for hydroxylation is 1. The molecule has 13 heavy (non-hydrogen) atoms. The molecule has 0 aliphatic heterocycles. The highest BCUT2D eigenvalue weighted by atomic mass is 16.5. The number of methoxy groups -OCH3 is 1. The summed E-state index contributed by atoms with van der Waals surface area (Å²) in [6.45, 7) is 1.82. The molecule has 4 heteroatoms. The van der Waals surface area contributed by atoms with Crippen molar-refractivity contribution in [3.05, 3.63) is 23.3 Å². The maximum absolute atomic E-state index is 11.0. The Morgan fingerprint density at radius 3 is 2.62 bits per heavy atom. The molecule has 0 aliphatic rings. The number of ether oxygens (including phenoxy) is 1. The van der Waals surface area contributed by atoms with Crippen LogP contribution >= 0.6 is 0 Å². The van der Waals surface area contributed by atoms with Crippen LogP contribution in [0.2, 0.25) is 0 Å². The molecule has 1 aromatic carbocycles. The summed E-state index contributed by atoms with van der Waals surface area (Å²) in [5.41, 5.74) is 10.8. The zero-order valence-corrected chi connectivity index (χ0v) is 7.76. The molecule has 0 aliphatic carbocycles. The monoisotopic (exact) mass is 181 g/mol. The molecule has 0 spiro atoms. The molecule has 0 heterocycles. The summed E-state index contributed by atoms with van der Waals surface area (Å²) in [4.78, 5) is 11.0. The van der Waals surface area contributed by atoms with Crippen LogP contribution in [0, 0.1) is 6.92 Å². The maximum atomic E-state index is 11.0. The molecule has 0 aromatic heterocycles. The summed E-state index contributed by atoms with van der Waals surface area (Å²) >= 11 is 0. The van der Waals surface area contributed by atoms with Crippen LogP contribution in [-0.2, 0) is 0 Å². The average molecular weight is 181 g/mol. The van der Waals surface area contributed by atoms with Crippen molar-refractivity contribution in [2.75, 3.05) is 12.8 Å². The van der Waals surface area contributed by atoms with Gasteiger partial charge in [-0.1, -0.05) is 0 Å². The van der Waals surface area contributed by atoms with E-state index < -0.39 is 0 Å². The molecule has 1 aromatic rings. The van der Waals surface area contributed by atoms with Crippen LogP contribution < -0.4 is 16.2 Å². The SMILES string of the molecule is COc1cc(C)c(C([NH3+])=O)cc1N. The molecule has 0 bridgehead atoms. The number of anilines is 1. The van der Waals surface area contributed by atoms with Crippen molar-refractivity contribution in [1.82, 2.24) is 0 Å². The van der Waals surface area contributed by atoms with Crippen LogP contribution in [0.15, 0.2) is 12.1 Å². The third-order valence-corrected chi connectivity index (χ3v) is 1.88. The lowest BCUT2D eigenvalue weighted by Crippen LogP contribution is -2.57. The molecular weight excluding hydrogens is 168 g/mol. The Morgan fingerprint density at radius 2 is 2.15 bits per heavy atom. The van der Waals surface area contributed by atoms with Crippen LogP contribution in [0.5, 0.6) is 5.75 Å². The highest BCUT2D eigenvalue weighted by Gasteiger charge is 2.11. The minimum Gasteiger partial charge on any atom is -0.495 e. The summed E-state index contributed by atoms with van der Waals surface area (Å²) in [6.07, 6.45) is 0. The molecule has 5 N–H and O–H groups in total. The molecular formula is C9H13N2O2+. The number of nitrogens with two attached hydrogens (primary N) is 1. The molecule has 1 rings (SSSR count). The number of carbonyl (C=O) groups excluding carboxylic acids is 1. The fourth-order valence-electron chi connectivity index (χ4n) is 1.18. The van der Waals surface area contributed by atoms with Gasteiger partial charge in [-0.15, -0.1) is 0 Å². The zero-order valence-electron chi connectivity index (χ0n) is 7.76. The van der Waals surface area contributed by atoms with E-state index in [4.69, 9.17) is 10.5 Å². The van der Waals surface area contributed by atoms with Gasteiger partial charge in [0.15, 0.2) is 0 Å². The molecule has 4 nitrogen and oxygen atoms in total. The summed E-state index contributed by atoms with van der Waals surface area (Å²) in [6, 6.07) is 3.32. The highest BCUT2D eigenvalue weighted by Crippen LogP contribution is 2.24. The quantitative estimate of drug-likeness (QED) is 0.628. The highest BCUT2D eigenvalue weighted by molar-refractivity contribution is 5.89. The molecule has 0 atom stereocenters. The standard InChI is InChI=1S/C9H12N2O2/c1-5-3-8(13-2)7(10)4-6(5)9(11)12/h3-4H,10H2,1-2H3,(H2,11,12)/p+1. The molecule has 0 radical (unpaired) electrons. The van der Waals surface area contributed by atoms with Gasteiger partial charge in [-0.2, -0.15) is 0 Å². The van der Waals surface area contributed by atoms with E-state index in [0.717, 1.165) is 5.56 Å².